The second kappa shape index (κ2) is 13.0. The number of carboxylic acid groups (broad SMARTS) is 1. The number of nitrogens with zero attached hydrogens (tertiary/aromatic N) is 5. The maximum absolute atomic E-state index is 15.1. The van der Waals surface area contributed by atoms with Crippen LogP contribution in [-0.4, -0.2) is 57.0 Å². The summed E-state index contributed by atoms with van der Waals surface area (Å²) in [7, 11) is -1.72. The smallest absolute Gasteiger partial charge is 0.355 e. The van der Waals surface area contributed by atoms with Crippen molar-refractivity contribution < 1.29 is 19.0 Å². The highest BCUT2D eigenvalue weighted by Gasteiger charge is 2.67. The number of thiol groups is 1. The minimum absolute atomic E-state index is 0.0767. The molecule has 1 unspecified atom stereocenters. The summed E-state index contributed by atoms with van der Waals surface area (Å²) in [5.41, 5.74) is 4.33. The van der Waals surface area contributed by atoms with Crippen LogP contribution in [-0.2, 0) is 11.8 Å². The Labute approximate surface area is 296 Å². The van der Waals surface area contributed by atoms with Crippen LogP contribution in [0.25, 0.3) is 10.2 Å². The topological polar surface area (TPSA) is 125 Å². The number of benzene rings is 2. The second-order valence-electron chi connectivity index (χ2n) is 13.7. The quantitative estimate of drug-likeness (QED) is 0.0715. The minimum Gasteiger partial charge on any atom is -0.491 e. The molecule has 1 atom stereocenters. The summed E-state index contributed by atoms with van der Waals surface area (Å²) in [4.78, 5) is 24.6. The van der Waals surface area contributed by atoms with Crippen LogP contribution >= 0.6 is 22.2 Å². The van der Waals surface area contributed by atoms with E-state index in [2.05, 4.69) is 36.7 Å². The molecule has 5 aliphatic rings. The van der Waals surface area contributed by atoms with Crippen molar-refractivity contribution in [3.05, 3.63) is 76.1 Å². The van der Waals surface area contributed by atoms with Crippen molar-refractivity contribution in [3.63, 3.8) is 0 Å². The number of aromatic nitrogens is 3. The van der Waals surface area contributed by atoms with Crippen LogP contribution in [0.3, 0.4) is 0 Å². The molecule has 3 N–H and O–H groups in total. The van der Waals surface area contributed by atoms with Crippen molar-refractivity contribution in [2.24, 2.45) is 10.4 Å². The van der Waals surface area contributed by atoms with Crippen molar-refractivity contribution >= 4 is 59.7 Å². The summed E-state index contributed by atoms with van der Waals surface area (Å²) in [6, 6.07) is 13.3. The number of para-hydroxylation sites is 1. The molecule has 0 saturated heterocycles. The number of allylic oxidation sites excluding steroid dienone is 1. The third-order valence-corrected chi connectivity index (χ3v) is 13.4. The number of amidine groups is 1. The maximum atomic E-state index is 15.1. The lowest BCUT2D eigenvalue weighted by molar-refractivity contribution is -0.137. The zero-order chi connectivity index (χ0) is 34.5. The Morgan fingerprint density at radius 2 is 2.06 bits per heavy atom. The summed E-state index contributed by atoms with van der Waals surface area (Å²) < 4.78 is 22.0. The molecule has 10 nitrogen and oxygen atoms in total. The SMILES string of the molecule is C#CCNCC12CC(c3ccc(OCCCC4=CN=C(N5CCCc6c5nnc(Nc5nc7ccccc7s5)c6C)[SH]4C(=O)O)c(F)c3)(C1)C2. The molecule has 4 heterocycles. The summed E-state index contributed by atoms with van der Waals surface area (Å²) in [5, 5.41) is 26.4. The number of carbonyl (C=O) groups is 1. The molecule has 2 bridgehead atoms. The second-order valence-corrected chi connectivity index (χ2v) is 16.8. The molecule has 3 fully saturated rings. The number of halogens is 1. The third kappa shape index (κ3) is 5.79. The number of nitrogens with one attached hydrogen (secondary N) is 2. The molecule has 2 aromatic heterocycles. The largest absolute Gasteiger partial charge is 0.491 e. The average Bonchev–Trinajstić information content (AvgIpc) is 3.69. The van der Waals surface area contributed by atoms with Gasteiger partial charge in [0.2, 0.25) is 0 Å². The van der Waals surface area contributed by atoms with Crippen molar-refractivity contribution in [1.29, 1.82) is 0 Å². The molecule has 258 valence electrons. The van der Waals surface area contributed by atoms with Crippen molar-refractivity contribution in [2.45, 2.75) is 57.3 Å². The Hall–Kier alpha value is -4.51. The molecular weight excluding hydrogens is 674 g/mol. The molecule has 0 amide bonds. The van der Waals surface area contributed by atoms with Crippen LogP contribution in [0.15, 0.2) is 58.6 Å². The Kier molecular flexibility index (Phi) is 8.49. The fourth-order valence-corrected chi connectivity index (χ4v) is 10.8. The average molecular weight is 712 g/mol. The Balaban J connectivity index is 0.877. The van der Waals surface area contributed by atoms with Crippen molar-refractivity contribution in [2.75, 3.05) is 36.5 Å². The predicted molar refractivity (Wildman–Crippen MR) is 199 cm³/mol. The molecule has 3 saturated carbocycles. The van der Waals surface area contributed by atoms with Gasteiger partial charge in [0, 0.05) is 35.3 Å². The molecule has 9 rings (SSSR count). The Bertz CT molecular complexity index is 2060. The number of terminal acetylenes is 1. The lowest BCUT2D eigenvalue weighted by Crippen LogP contribution is -2.67. The molecule has 13 heteroatoms. The minimum atomic E-state index is -1.72. The summed E-state index contributed by atoms with van der Waals surface area (Å²) in [5.74, 6) is 3.78. The summed E-state index contributed by atoms with van der Waals surface area (Å²) in [6.07, 6.45) is 12.9. The van der Waals surface area contributed by atoms with Gasteiger partial charge in [0.1, 0.15) is 0 Å². The lowest BCUT2D eigenvalue weighted by atomic mass is 9.33. The standard InChI is InChI=1S/C37H38FN7O3S2/c1-3-14-39-22-36-19-37(20-36,21-36)24-12-13-29(27(38)17-24)48-16-7-8-25-18-40-34(50(25)35(46)47)45-15-6-9-26-23(2)31(43-44-32(26)45)42-33-41-28-10-4-5-11-30(28)49-33/h1,4-5,10-13,17-18,39,50H,6-9,14-16,19-22H2,2H3,(H,46,47)(H,41,42,43). The summed E-state index contributed by atoms with van der Waals surface area (Å²) in [6.45, 7) is 4.38. The van der Waals surface area contributed by atoms with Crippen LogP contribution < -0.4 is 20.3 Å². The van der Waals surface area contributed by atoms with Gasteiger partial charge in [-0.25, -0.2) is 19.2 Å². The van der Waals surface area contributed by atoms with E-state index in [4.69, 9.17) is 11.2 Å². The first-order valence-electron chi connectivity index (χ1n) is 16.9. The Morgan fingerprint density at radius 1 is 1.22 bits per heavy atom. The zero-order valence-corrected chi connectivity index (χ0v) is 29.4. The highest BCUT2D eigenvalue weighted by molar-refractivity contribution is 8.44. The number of ether oxygens (including phenoxy) is 1. The monoisotopic (exact) mass is 711 g/mol. The molecule has 2 aromatic carbocycles. The van der Waals surface area contributed by atoms with Gasteiger partial charge in [-0.2, -0.15) is 0 Å². The van der Waals surface area contributed by atoms with Gasteiger partial charge in [-0.3, -0.25) is 0 Å². The van der Waals surface area contributed by atoms with Crippen LogP contribution in [0.1, 0.15) is 55.2 Å². The first-order valence-corrected chi connectivity index (χ1v) is 19.1. The van der Waals surface area contributed by atoms with Gasteiger partial charge in [-0.15, -0.1) is 16.6 Å². The van der Waals surface area contributed by atoms with E-state index in [-0.39, 0.29) is 23.6 Å². The first kappa shape index (κ1) is 32.7. The van der Waals surface area contributed by atoms with Gasteiger partial charge >= 0.3 is 5.30 Å². The van der Waals surface area contributed by atoms with Crippen LogP contribution in [0, 0.1) is 30.5 Å². The van der Waals surface area contributed by atoms with Crippen LogP contribution in [0.4, 0.5) is 26.0 Å². The number of aliphatic imine (C=N–C) groups is 1. The number of thiazole rings is 1. The zero-order valence-electron chi connectivity index (χ0n) is 27.7. The van der Waals surface area contributed by atoms with E-state index < -0.39 is 16.2 Å². The van der Waals surface area contributed by atoms with Gasteiger partial charge in [0.25, 0.3) is 0 Å². The van der Waals surface area contributed by atoms with Gasteiger partial charge < -0.3 is 25.4 Å². The van der Waals surface area contributed by atoms with E-state index in [0.29, 0.717) is 48.1 Å². The van der Waals surface area contributed by atoms with E-state index in [0.717, 1.165) is 75.6 Å². The molecule has 4 aromatic rings. The van der Waals surface area contributed by atoms with Crippen molar-refractivity contribution in [3.8, 4) is 18.1 Å². The Morgan fingerprint density at radius 3 is 2.84 bits per heavy atom. The number of rotatable bonds is 11. The van der Waals surface area contributed by atoms with E-state index in [1.54, 1.807) is 29.7 Å². The molecular formula is C37H38FN7O3S2. The molecule has 2 aliphatic heterocycles. The molecule has 0 spiro atoms. The highest BCUT2D eigenvalue weighted by atomic mass is 32.2. The number of fused-ring (bicyclic) bond motifs is 2. The van der Waals surface area contributed by atoms with Crippen molar-refractivity contribution in [1.82, 2.24) is 20.5 Å². The lowest BCUT2D eigenvalue weighted by Gasteiger charge is -2.71. The first-order chi connectivity index (χ1) is 24.3. The number of anilines is 3. The number of hydrogen-bond donors (Lipinski definition) is 4. The van der Waals surface area contributed by atoms with Gasteiger partial charge in [-0.05, 0) is 92.5 Å². The molecule has 0 radical (unpaired) electrons. The maximum Gasteiger partial charge on any atom is 0.355 e. The van der Waals surface area contributed by atoms with Gasteiger partial charge in [0.05, 0.1) is 23.4 Å². The number of hydrogen-bond acceptors (Lipinski definition) is 10. The summed E-state index contributed by atoms with van der Waals surface area (Å²) >= 11 is 1.56. The van der Waals surface area contributed by atoms with Crippen LogP contribution in [0.2, 0.25) is 0 Å². The molecule has 3 aliphatic carbocycles. The van der Waals surface area contributed by atoms with E-state index >= 15 is 4.39 Å². The van der Waals surface area contributed by atoms with E-state index in [1.807, 2.05) is 42.2 Å². The van der Waals surface area contributed by atoms with Crippen LogP contribution in [0.5, 0.6) is 5.75 Å². The van der Waals surface area contributed by atoms with Gasteiger partial charge in [0.15, 0.2) is 33.5 Å². The fourth-order valence-electron chi connectivity index (χ4n) is 8.15. The molecule has 50 heavy (non-hydrogen) atoms. The van der Waals surface area contributed by atoms with E-state index in [1.165, 1.54) is 0 Å². The highest BCUT2D eigenvalue weighted by Crippen LogP contribution is 2.73. The fraction of sp³-hybridized carbons (Fsp3) is 0.378. The van der Waals surface area contributed by atoms with E-state index in [9.17, 15) is 9.90 Å². The third-order valence-electron chi connectivity index (χ3n) is 10.4. The normalized spacial score (nSPS) is 24.0. The van der Waals surface area contributed by atoms with Gasteiger partial charge in [-0.1, -0.05) is 46.4 Å². The predicted octanol–water partition coefficient (Wildman–Crippen LogP) is 7.42.